The number of nitrogens with one attached hydrogen (secondary N) is 2. The van der Waals surface area contributed by atoms with Gasteiger partial charge in [-0.3, -0.25) is 28.2 Å². The van der Waals surface area contributed by atoms with Crippen molar-refractivity contribution in [2.75, 3.05) is 11.0 Å². The summed E-state index contributed by atoms with van der Waals surface area (Å²) in [5.74, 6) is -3.74. The first-order valence-electron chi connectivity index (χ1n) is 18.0. The van der Waals surface area contributed by atoms with Crippen LogP contribution in [0.5, 0.6) is 0 Å². The van der Waals surface area contributed by atoms with E-state index in [0.29, 0.717) is 24.6 Å². The SMILES string of the molecule is Cn1nc(NS(C)(=O)=O)c2c(Cl)ccc(-n3c([C@H](Cc4cc(F)cc(F)c4)NC(=O)Cn4nc(C(F)F)cc4C4CC4)nc4nc(-c5ccccc5F)ccc4c3=O)c21. The molecule has 0 radical (unpaired) electrons. The van der Waals surface area contributed by atoms with Crippen molar-refractivity contribution in [1.82, 2.24) is 39.4 Å². The number of alkyl halides is 2. The van der Waals surface area contributed by atoms with Gasteiger partial charge in [0.05, 0.1) is 45.0 Å². The monoisotopic (exact) mass is 851 g/mol. The minimum atomic E-state index is -3.89. The Morgan fingerprint density at radius 3 is 2.37 bits per heavy atom. The third-order valence-corrected chi connectivity index (χ3v) is 10.6. The molecule has 4 aromatic heterocycles. The molecule has 2 N–H and O–H groups in total. The van der Waals surface area contributed by atoms with E-state index < -0.39 is 63.6 Å². The Hall–Kier alpha value is -6.21. The number of amides is 1. The van der Waals surface area contributed by atoms with Crippen molar-refractivity contribution in [1.29, 1.82) is 0 Å². The molecule has 20 heteroatoms. The molecule has 1 saturated carbocycles. The average molecular weight is 852 g/mol. The van der Waals surface area contributed by atoms with E-state index >= 15 is 0 Å². The minimum absolute atomic E-state index is 0.0286. The van der Waals surface area contributed by atoms with Crippen LogP contribution in [-0.4, -0.2) is 54.7 Å². The summed E-state index contributed by atoms with van der Waals surface area (Å²) in [6.07, 6.45) is -0.946. The number of pyridine rings is 1. The van der Waals surface area contributed by atoms with Gasteiger partial charge in [-0.1, -0.05) is 23.7 Å². The van der Waals surface area contributed by atoms with E-state index in [2.05, 4.69) is 25.2 Å². The van der Waals surface area contributed by atoms with Crippen molar-refractivity contribution < 1.29 is 35.2 Å². The number of fused-ring (bicyclic) bond motifs is 2. The fraction of sp³-hybridized carbons (Fsp3) is 0.231. The van der Waals surface area contributed by atoms with Crippen molar-refractivity contribution >= 4 is 55.3 Å². The van der Waals surface area contributed by atoms with Crippen LogP contribution in [0.3, 0.4) is 0 Å². The molecule has 1 fully saturated rings. The van der Waals surface area contributed by atoms with Crippen LogP contribution in [0, 0.1) is 17.5 Å². The van der Waals surface area contributed by atoms with E-state index in [9.17, 15) is 40.0 Å². The van der Waals surface area contributed by atoms with Crippen molar-refractivity contribution in [2.45, 2.75) is 44.2 Å². The van der Waals surface area contributed by atoms with Crippen LogP contribution in [0.25, 0.3) is 38.9 Å². The van der Waals surface area contributed by atoms with Crippen molar-refractivity contribution in [3.8, 4) is 16.9 Å². The lowest BCUT2D eigenvalue weighted by atomic mass is 10.0. The highest BCUT2D eigenvalue weighted by atomic mass is 35.5. The summed E-state index contributed by atoms with van der Waals surface area (Å²) in [6.45, 7) is -0.548. The van der Waals surface area contributed by atoms with Crippen LogP contribution in [0.2, 0.25) is 5.02 Å². The molecule has 0 bridgehead atoms. The number of nitrogens with zero attached hydrogens (tertiary/aromatic N) is 7. The van der Waals surface area contributed by atoms with Crippen molar-refractivity contribution in [3.63, 3.8) is 0 Å². The summed E-state index contributed by atoms with van der Waals surface area (Å²) in [7, 11) is -2.41. The first-order valence-corrected chi connectivity index (χ1v) is 20.2. The molecule has 7 aromatic rings. The molecular weight excluding hydrogens is 821 g/mol. The molecule has 1 aliphatic rings. The van der Waals surface area contributed by atoms with Gasteiger partial charge in [-0.15, -0.1) is 0 Å². The van der Waals surface area contributed by atoms with E-state index in [1.807, 2.05) is 0 Å². The van der Waals surface area contributed by atoms with Crippen LogP contribution >= 0.6 is 11.6 Å². The number of sulfonamides is 1. The van der Waals surface area contributed by atoms with Crippen molar-refractivity contribution in [3.05, 3.63) is 128 Å². The lowest BCUT2D eigenvalue weighted by Crippen LogP contribution is -2.38. The fourth-order valence-electron chi connectivity index (χ4n) is 7.10. The molecule has 8 rings (SSSR count). The van der Waals surface area contributed by atoms with E-state index in [4.69, 9.17) is 16.6 Å². The van der Waals surface area contributed by atoms with Gasteiger partial charge in [0.2, 0.25) is 15.9 Å². The van der Waals surface area contributed by atoms with Gasteiger partial charge in [-0.25, -0.2) is 40.3 Å². The minimum Gasteiger partial charge on any atom is -0.344 e. The van der Waals surface area contributed by atoms with Gasteiger partial charge >= 0.3 is 0 Å². The van der Waals surface area contributed by atoms with E-state index in [1.54, 1.807) is 6.07 Å². The number of anilines is 1. The highest BCUT2D eigenvalue weighted by Gasteiger charge is 2.32. The molecule has 1 amide bonds. The molecule has 4 heterocycles. The standard InChI is InChI=1S/C39H31ClF5N9O4S/c1-52-34-30(12-10-25(40)33(34)37(50-52)51-59(2,57)58)54-38(48-36-24(39(54)56)9-11-27(47-36)23-5-3-4-6-26(23)43)29(15-19-13-21(41)16-22(42)14-19)46-32(55)18-53-31(20-7-8-20)17-28(49-53)35(44)45/h3-6,9-14,16-17,20,29,35H,7-8,15,18H2,1-2H3,(H,46,55)(H,50,51)/t29-/m0/s1. The van der Waals surface area contributed by atoms with Crippen LogP contribution in [0.15, 0.2) is 77.6 Å². The molecule has 59 heavy (non-hydrogen) atoms. The number of halogens is 6. The molecule has 304 valence electrons. The molecule has 3 aromatic carbocycles. The topological polar surface area (TPSA) is 159 Å². The van der Waals surface area contributed by atoms with Crippen molar-refractivity contribution in [2.24, 2.45) is 7.05 Å². The molecule has 1 atom stereocenters. The highest BCUT2D eigenvalue weighted by molar-refractivity contribution is 7.92. The predicted octanol–water partition coefficient (Wildman–Crippen LogP) is 6.89. The quantitative estimate of drug-likeness (QED) is 0.126. The number of benzene rings is 3. The van der Waals surface area contributed by atoms with Gasteiger partial charge in [0.25, 0.3) is 12.0 Å². The molecule has 0 spiro atoms. The zero-order valence-electron chi connectivity index (χ0n) is 30.9. The molecule has 0 aliphatic heterocycles. The second kappa shape index (κ2) is 15.2. The van der Waals surface area contributed by atoms with Gasteiger partial charge in [0, 0.05) is 36.7 Å². The Morgan fingerprint density at radius 1 is 0.966 bits per heavy atom. The zero-order valence-corrected chi connectivity index (χ0v) is 32.5. The number of carbonyl (C=O) groups is 1. The first-order chi connectivity index (χ1) is 28.0. The lowest BCUT2D eigenvalue weighted by molar-refractivity contribution is -0.122. The van der Waals surface area contributed by atoms with E-state index in [0.717, 1.165) is 23.0 Å². The van der Waals surface area contributed by atoms with E-state index in [-0.39, 0.29) is 73.4 Å². The molecule has 0 saturated heterocycles. The van der Waals surface area contributed by atoms with Crippen LogP contribution in [-0.2, 0) is 34.8 Å². The molecule has 1 aliphatic carbocycles. The first kappa shape index (κ1) is 39.6. The summed E-state index contributed by atoms with van der Waals surface area (Å²) in [6, 6.07) is 14.0. The fourth-order valence-corrected chi connectivity index (χ4v) is 7.83. The second-order valence-electron chi connectivity index (χ2n) is 14.1. The number of aromatic nitrogens is 7. The number of hydrogen-bond acceptors (Lipinski definition) is 8. The highest BCUT2D eigenvalue weighted by Crippen LogP contribution is 2.41. The third-order valence-electron chi connectivity index (χ3n) is 9.70. The van der Waals surface area contributed by atoms with Gasteiger partial charge in [-0.2, -0.15) is 10.2 Å². The Morgan fingerprint density at radius 2 is 1.69 bits per heavy atom. The van der Waals surface area contributed by atoms with Crippen LogP contribution in [0.4, 0.5) is 27.8 Å². The van der Waals surface area contributed by atoms with Crippen LogP contribution in [0.1, 0.15) is 54.0 Å². The smallest absolute Gasteiger partial charge is 0.282 e. The largest absolute Gasteiger partial charge is 0.344 e. The van der Waals surface area contributed by atoms with Gasteiger partial charge in [0.15, 0.2) is 11.5 Å². The number of rotatable bonds is 12. The maximum absolute atomic E-state index is 15.0. The number of carbonyl (C=O) groups excluding carboxylic acids is 1. The zero-order chi connectivity index (χ0) is 41.9. The van der Waals surface area contributed by atoms with Gasteiger partial charge < -0.3 is 5.32 Å². The van der Waals surface area contributed by atoms with Crippen LogP contribution < -0.4 is 15.6 Å². The maximum atomic E-state index is 15.0. The summed E-state index contributed by atoms with van der Waals surface area (Å²) in [5.41, 5.74) is -0.627. The van der Waals surface area contributed by atoms with Gasteiger partial charge in [0.1, 0.15) is 35.5 Å². The second-order valence-corrected chi connectivity index (χ2v) is 16.3. The Labute approximate surface area is 336 Å². The van der Waals surface area contributed by atoms with Gasteiger partial charge in [-0.05, 0) is 73.0 Å². The normalized spacial score (nSPS) is 13.7. The predicted molar refractivity (Wildman–Crippen MR) is 208 cm³/mol. The third kappa shape index (κ3) is 7.99. The number of aryl methyl sites for hydroxylation is 1. The maximum Gasteiger partial charge on any atom is 0.282 e. The lowest BCUT2D eigenvalue weighted by Gasteiger charge is -2.24. The Bertz CT molecular complexity index is 2990. The Kier molecular flexibility index (Phi) is 10.2. The molecule has 0 unspecified atom stereocenters. The average Bonchev–Trinajstić information content (AvgIpc) is 3.83. The Balaban J connectivity index is 1.36. The summed E-state index contributed by atoms with van der Waals surface area (Å²) in [5, 5.41) is 11.1. The molecular formula is C39H31ClF5N9O4S. The number of hydrogen-bond donors (Lipinski definition) is 2. The summed E-state index contributed by atoms with van der Waals surface area (Å²) >= 11 is 6.62. The summed E-state index contributed by atoms with van der Waals surface area (Å²) in [4.78, 5) is 38.2. The molecule has 13 nitrogen and oxygen atoms in total. The summed E-state index contributed by atoms with van der Waals surface area (Å²) < 4.78 is 102. The van der Waals surface area contributed by atoms with E-state index in [1.165, 1.54) is 64.9 Å².